The summed E-state index contributed by atoms with van der Waals surface area (Å²) in [6.45, 7) is 4.78. The summed E-state index contributed by atoms with van der Waals surface area (Å²) in [5, 5.41) is 7.43. The van der Waals surface area contributed by atoms with Gasteiger partial charge in [-0.3, -0.25) is 4.79 Å². The van der Waals surface area contributed by atoms with E-state index < -0.39 is 0 Å². The summed E-state index contributed by atoms with van der Waals surface area (Å²) in [6.07, 6.45) is 0.483. The molecule has 0 aliphatic carbocycles. The summed E-state index contributed by atoms with van der Waals surface area (Å²) in [6, 6.07) is 14.5. The van der Waals surface area contributed by atoms with Crippen LogP contribution in [0.3, 0.4) is 0 Å². The minimum absolute atomic E-state index is 0.184. The Labute approximate surface area is 168 Å². The molecule has 0 unspecified atom stereocenters. The Hall–Kier alpha value is -2.86. The van der Waals surface area contributed by atoms with Crippen molar-refractivity contribution in [3.05, 3.63) is 76.4 Å². The van der Waals surface area contributed by atoms with Crippen molar-refractivity contribution in [3.63, 3.8) is 0 Å². The summed E-state index contributed by atoms with van der Waals surface area (Å²) < 4.78 is 10.9. The highest BCUT2D eigenvalue weighted by Gasteiger charge is 2.11. The van der Waals surface area contributed by atoms with E-state index in [4.69, 9.17) is 20.9 Å². The number of nitrogens with zero attached hydrogens (tertiary/aromatic N) is 2. The van der Waals surface area contributed by atoms with E-state index in [9.17, 15) is 4.79 Å². The molecule has 28 heavy (non-hydrogen) atoms. The van der Waals surface area contributed by atoms with Crippen molar-refractivity contribution >= 4 is 17.5 Å². The molecule has 0 aliphatic heterocycles. The van der Waals surface area contributed by atoms with Gasteiger partial charge in [0.25, 0.3) is 5.91 Å². The first-order valence-electron chi connectivity index (χ1n) is 9.09. The SMILES string of the molecule is CC(C)c1noc(CCNC(=O)c2cccc(OCc3cccc(Cl)c3)c2)n1. The van der Waals surface area contributed by atoms with Crippen LogP contribution in [0.4, 0.5) is 0 Å². The average molecular weight is 400 g/mol. The van der Waals surface area contributed by atoms with Crippen LogP contribution in [0, 0.1) is 0 Å². The molecule has 0 radical (unpaired) electrons. The van der Waals surface area contributed by atoms with E-state index >= 15 is 0 Å². The number of ether oxygens (including phenoxy) is 1. The van der Waals surface area contributed by atoms with Crippen molar-refractivity contribution in [2.24, 2.45) is 0 Å². The maximum absolute atomic E-state index is 12.4. The van der Waals surface area contributed by atoms with Gasteiger partial charge in [0.15, 0.2) is 5.82 Å². The molecule has 7 heteroatoms. The van der Waals surface area contributed by atoms with Gasteiger partial charge in [-0.15, -0.1) is 0 Å². The monoisotopic (exact) mass is 399 g/mol. The zero-order chi connectivity index (χ0) is 19.9. The summed E-state index contributed by atoms with van der Waals surface area (Å²) in [4.78, 5) is 16.7. The lowest BCUT2D eigenvalue weighted by atomic mass is 10.2. The average Bonchev–Trinajstić information content (AvgIpc) is 3.16. The van der Waals surface area contributed by atoms with Crippen molar-refractivity contribution in [1.82, 2.24) is 15.5 Å². The lowest BCUT2D eigenvalue weighted by Crippen LogP contribution is -2.25. The number of carbonyl (C=O) groups excluding carboxylic acids is 1. The van der Waals surface area contributed by atoms with Crippen LogP contribution in [0.1, 0.15) is 47.4 Å². The third-order valence-electron chi connectivity index (χ3n) is 4.02. The topological polar surface area (TPSA) is 77.2 Å². The Morgan fingerprint density at radius 2 is 2.04 bits per heavy atom. The molecule has 0 atom stereocenters. The number of carbonyl (C=O) groups is 1. The summed E-state index contributed by atoms with van der Waals surface area (Å²) in [5.41, 5.74) is 1.49. The molecule has 0 saturated carbocycles. The Balaban J connectivity index is 1.51. The molecule has 1 aromatic heterocycles. The van der Waals surface area contributed by atoms with E-state index in [0.717, 1.165) is 5.56 Å². The molecule has 6 nitrogen and oxygen atoms in total. The minimum Gasteiger partial charge on any atom is -0.489 e. The van der Waals surface area contributed by atoms with E-state index in [1.165, 1.54) is 0 Å². The fourth-order valence-corrected chi connectivity index (χ4v) is 2.72. The van der Waals surface area contributed by atoms with Crippen LogP contribution in [-0.4, -0.2) is 22.6 Å². The molecule has 0 spiro atoms. The van der Waals surface area contributed by atoms with Gasteiger partial charge in [-0.25, -0.2) is 0 Å². The third kappa shape index (κ3) is 5.57. The number of halogens is 1. The number of benzene rings is 2. The second-order valence-corrected chi connectivity index (χ2v) is 7.09. The van der Waals surface area contributed by atoms with Crippen molar-refractivity contribution in [2.75, 3.05) is 6.54 Å². The molecule has 1 heterocycles. The molecule has 1 amide bonds. The third-order valence-corrected chi connectivity index (χ3v) is 4.25. The number of hydrogen-bond donors (Lipinski definition) is 1. The number of nitrogens with one attached hydrogen (secondary N) is 1. The van der Waals surface area contributed by atoms with Crippen LogP contribution in [0.15, 0.2) is 53.1 Å². The van der Waals surface area contributed by atoms with E-state index in [-0.39, 0.29) is 11.8 Å². The van der Waals surface area contributed by atoms with Crippen LogP contribution in [0.2, 0.25) is 5.02 Å². The van der Waals surface area contributed by atoms with E-state index in [1.54, 1.807) is 18.2 Å². The fraction of sp³-hybridized carbons (Fsp3) is 0.286. The molecule has 0 saturated heterocycles. The van der Waals surface area contributed by atoms with Gasteiger partial charge < -0.3 is 14.6 Å². The smallest absolute Gasteiger partial charge is 0.251 e. The first-order chi connectivity index (χ1) is 13.5. The Kier molecular flexibility index (Phi) is 6.66. The van der Waals surface area contributed by atoms with Gasteiger partial charge in [0.05, 0.1) is 0 Å². The van der Waals surface area contributed by atoms with E-state index in [2.05, 4.69) is 15.5 Å². The molecule has 1 N–H and O–H groups in total. The van der Waals surface area contributed by atoms with Crippen molar-refractivity contribution in [1.29, 1.82) is 0 Å². The normalized spacial score (nSPS) is 10.9. The van der Waals surface area contributed by atoms with Crippen LogP contribution in [-0.2, 0) is 13.0 Å². The second kappa shape index (κ2) is 9.37. The first kappa shape index (κ1) is 19.9. The molecule has 0 bridgehead atoms. The van der Waals surface area contributed by atoms with Crippen LogP contribution in [0.5, 0.6) is 5.75 Å². The molecule has 146 valence electrons. The standard InChI is InChI=1S/C21H22ClN3O3/c1-14(2)20-24-19(28-25-20)9-10-23-21(26)16-6-4-8-18(12-16)27-13-15-5-3-7-17(22)11-15/h3-8,11-12,14H,9-10,13H2,1-2H3,(H,23,26). The predicted molar refractivity (Wildman–Crippen MR) is 107 cm³/mol. The van der Waals surface area contributed by atoms with Crippen molar-refractivity contribution < 1.29 is 14.1 Å². The Bertz CT molecular complexity index is 940. The molecular formula is C21H22ClN3O3. The van der Waals surface area contributed by atoms with Gasteiger partial charge in [0.2, 0.25) is 5.89 Å². The summed E-state index contributed by atoms with van der Waals surface area (Å²) in [7, 11) is 0. The number of hydrogen-bond acceptors (Lipinski definition) is 5. The summed E-state index contributed by atoms with van der Waals surface area (Å²) >= 11 is 5.98. The quantitative estimate of drug-likeness (QED) is 0.607. The minimum atomic E-state index is -0.184. The predicted octanol–water partition coefficient (Wildman–Crippen LogP) is 4.40. The fourth-order valence-electron chi connectivity index (χ4n) is 2.51. The van der Waals surface area contributed by atoms with Gasteiger partial charge in [-0.1, -0.05) is 48.8 Å². The van der Waals surface area contributed by atoms with Gasteiger partial charge >= 0.3 is 0 Å². The van der Waals surface area contributed by atoms with Crippen molar-refractivity contribution in [2.45, 2.75) is 32.8 Å². The largest absolute Gasteiger partial charge is 0.489 e. The second-order valence-electron chi connectivity index (χ2n) is 6.65. The lowest BCUT2D eigenvalue weighted by Gasteiger charge is -2.09. The first-order valence-corrected chi connectivity index (χ1v) is 9.47. The maximum atomic E-state index is 12.4. The number of rotatable bonds is 8. The molecule has 3 rings (SSSR count). The lowest BCUT2D eigenvalue weighted by molar-refractivity contribution is 0.0953. The molecule has 2 aromatic carbocycles. The van der Waals surface area contributed by atoms with Gasteiger partial charge in [-0.2, -0.15) is 4.98 Å². The van der Waals surface area contributed by atoms with Gasteiger partial charge in [0.1, 0.15) is 12.4 Å². The zero-order valence-electron chi connectivity index (χ0n) is 15.8. The molecule has 0 fully saturated rings. The maximum Gasteiger partial charge on any atom is 0.251 e. The molecular weight excluding hydrogens is 378 g/mol. The molecule has 0 aliphatic rings. The van der Waals surface area contributed by atoms with Gasteiger partial charge in [-0.05, 0) is 35.9 Å². The number of amides is 1. The van der Waals surface area contributed by atoms with E-state index in [0.29, 0.717) is 47.6 Å². The van der Waals surface area contributed by atoms with Gasteiger partial charge in [0, 0.05) is 29.5 Å². The van der Waals surface area contributed by atoms with Crippen LogP contribution >= 0.6 is 11.6 Å². The Morgan fingerprint density at radius 1 is 1.21 bits per heavy atom. The van der Waals surface area contributed by atoms with Crippen molar-refractivity contribution in [3.8, 4) is 5.75 Å². The zero-order valence-corrected chi connectivity index (χ0v) is 16.6. The highest BCUT2D eigenvalue weighted by atomic mass is 35.5. The summed E-state index contributed by atoms with van der Waals surface area (Å²) in [5.74, 6) is 1.83. The highest BCUT2D eigenvalue weighted by molar-refractivity contribution is 6.30. The number of aromatic nitrogens is 2. The highest BCUT2D eigenvalue weighted by Crippen LogP contribution is 2.17. The molecule has 3 aromatic rings. The van der Waals surface area contributed by atoms with E-state index in [1.807, 2.05) is 44.2 Å². The van der Waals surface area contributed by atoms with Crippen LogP contribution < -0.4 is 10.1 Å². The Morgan fingerprint density at radius 3 is 2.79 bits per heavy atom. The van der Waals surface area contributed by atoms with Crippen LogP contribution in [0.25, 0.3) is 0 Å².